The quantitative estimate of drug-likeness (QED) is 0.420. The predicted octanol–water partition coefficient (Wildman–Crippen LogP) is 4.00. The number of esters is 1. The Morgan fingerprint density at radius 2 is 2.12 bits per heavy atom. The van der Waals surface area contributed by atoms with Crippen molar-refractivity contribution in [1.82, 2.24) is 0 Å². The van der Waals surface area contributed by atoms with Crippen LogP contribution in [0.5, 0.6) is 0 Å². The van der Waals surface area contributed by atoms with Crippen molar-refractivity contribution >= 4 is 29.3 Å². The fourth-order valence-corrected chi connectivity index (χ4v) is 3.42. The van der Waals surface area contributed by atoms with Gasteiger partial charge < -0.3 is 15.2 Å². The van der Waals surface area contributed by atoms with E-state index >= 15 is 0 Å². The number of thioether (sulfide) groups is 1. The van der Waals surface area contributed by atoms with E-state index in [1.165, 1.54) is 30.8 Å². The average Bonchev–Trinajstić information content (AvgIpc) is 2.59. The maximum Gasteiger partial charge on any atom is 0.306 e. The Kier molecular flexibility index (Phi) is 11.0. The molecule has 0 saturated carbocycles. The zero-order chi connectivity index (χ0) is 19.4. The number of benzene rings is 1. The molecule has 2 N–H and O–H groups in total. The number of carbonyl (C=O) groups excluding carboxylic acids is 2. The largest absolute Gasteiger partial charge is 0.466 e. The van der Waals surface area contributed by atoms with E-state index in [1.807, 2.05) is 0 Å². The van der Waals surface area contributed by atoms with Gasteiger partial charge in [-0.1, -0.05) is 13.3 Å². The van der Waals surface area contributed by atoms with Crippen molar-refractivity contribution in [3.05, 3.63) is 24.0 Å². The van der Waals surface area contributed by atoms with Gasteiger partial charge >= 0.3 is 5.97 Å². The Hall–Kier alpha value is -1.60. The number of rotatable bonds is 12. The molecular weight excluding hydrogens is 357 g/mol. The topological polar surface area (TPSA) is 75.6 Å². The Morgan fingerprint density at radius 3 is 2.77 bits per heavy atom. The average molecular weight is 386 g/mol. The Bertz CT molecular complexity index is 583. The monoisotopic (exact) mass is 385 g/mol. The fourth-order valence-electron chi connectivity index (χ4n) is 2.50. The molecule has 0 fully saturated rings. The van der Waals surface area contributed by atoms with Crippen molar-refractivity contribution in [2.24, 2.45) is 5.92 Å². The number of carbonyl (C=O) groups is 2. The molecule has 1 atom stereocenters. The van der Waals surface area contributed by atoms with Crippen molar-refractivity contribution in [3.63, 3.8) is 0 Å². The summed E-state index contributed by atoms with van der Waals surface area (Å²) in [5.41, 5.74) is 0.408. The van der Waals surface area contributed by atoms with Crippen molar-refractivity contribution < 1.29 is 23.8 Å². The van der Waals surface area contributed by atoms with Gasteiger partial charge in [0, 0.05) is 24.2 Å². The van der Waals surface area contributed by atoms with E-state index in [9.17, 15) is 14.0 Å². The maximum absolute atomic E-state index is 13.3. The molecule has 1 aromatic carbocycles. The SMILES string of the molecule is CCC(CCCO)CCOC(=O)CCSc1ccc(F)cc1NC(C)=O. The molecule has 0 heterocycles. The second kappa shape index (κ2) is 12.7. The van der Waals surface area contributed by atoms with Gasteiger partial charge in [-0.15, -0.1) is 11.8 Å². The summed E-state index contributed by atoms with van der Waals surface area (Å²) in [6.45, 7) is 4.04. The van der Waals surface area contributed by atoms with E-state index in [0.717, 1.165) is 25.7 Å². The van der Waals surface area contributed by atoms with E-state index in [2.05, 4.69) is 12.2 Å². The zero-order valence-corrected chi connectivity index (χ0v) is 16.2. The van der Waals surface area contributed by atoms with Crippen LogP contribution in [0.15, 0.2) is 23.1 Å². The van der Waals surface area contributed by atoms with E-state index in [-0.39, 0.29) is 24.9 Å². The fraction of sp³-hybridized carbons (Fsp3) is 0.579. The number of aliphatic hydroxyl groups excluding tert-OH is 1. The summed E-state index contributed by atoms with van der Waals surface area (Å²) >= 11 is 1.37. The summed E-state index contributed by atoms with van der Waals surface area (Å²) in [5.74, 6) is -0.0205. The number of amides is 1. The molecule has 0 radical (unpaired) electrons. The van der Waals surface area contributed by atoms with E-state index < -0.39 is 5.82 Å². The van der Waals surface area contributed by atoms with E-state index in [4.69, 9.17) is 9.84 Å². The minimum atomic E-state index is -0.427. The first kappa shape index (κ1) is 22.4. The number of anilines is 1. The number of aliphatic hydroxyl groups is 1. The summed E-state index contributed by atoms with van der Waals surface area (Å²) in [7, 11) is 0. The molecule has 1 unspecified atom stereocenters. The molecule has 1 amide bonds. The van der Waals surface area contributed by atoms with Gasteiger partial charge in [-0.3, -0.25) is 9.59 Å². The van der Waals surface area contributed by atoms with Gasteiger partial charge in [-0.25, -0.2) is 4.39 Å². The van der Waals surface area contributed by atoms with Crippen LogP contribution in [0.3, 0.4) is 0 Å². The highest BCUT2D eigenvalue weighted by atomic mass is 32.2. The third-order valence-corrected chi connectivity index (χ3v) is 5.03. The van der Waals surface area contributed by atoms with Crippen LogP contribution in [0, 0.1) is 11.7 Å². The molecule has 0 aliphatic rings. The highest BCUT2D eigenvalue weighted by Gasteiger charge is 2.10. The van der Waals surface area contributed by atoms with Crippen LogP contribution in [0.4, 0.5) is 10.1 Å². The molecule has 5 nitrogen and oxygen atoms in total. The maximum atomic E-state index is 13.3. The number of hydrogen-bond acceptors (Lipinski definition) is 5. The standard InChI is InChI=1S/C19H28FNO4S/c1-3-15(5-4-10-22)8-11-25-19(24)9-12-26-18-7-6-16(20)13-17(18)21-14(2)23/h6-7,13,15,22H,3-5,8-12H2,1-2H3,(H,21,23). The molecule has 0 aliphatic heterocycles. The van der Waals surface area contributed by atoms with Gasteiger partial charge in [0.15, 0.2) is 0 Å². The van der Waals surface area contributed by atoms with Gasteiger partial charge in [-0.2, -0.15) is 0 Å². The number of nitrogens with one attached hydrogen (secondary N) is 1. The van der Waals surface area contributed by atoms with Crippen LogP contribution in [0.1, 0.15) is 46.0 Å². The minimum Gasteiger partial charge on any atom is -0.466 e. The molecule has 0 aromatic heterocycles. The van der Waals surface area contributed by atoms with Gasteiger partial charge in [0.25, 0.3) is 0 Å². The Labute approximate surface area is 158 Å². The van der Waals surface area contributed by atoms with Gasteiger partial charge in [0.05, 0.1) is 18.7 Å². The van der Waals surface area contributed by atoms with Gasteiger partial charge in [0.2, 0.25) is 5.91 Å². The van der Waals surface area contributed by atoms with Gasteiger partial charge in [0.1, 0.15) is 5.82 Å². The second-order valence-corrected chi connectivity index (χ2v) is 7.21. The highest BCUT2D eigenvalue weighted by Crippen LogP contribution is 2.28. The number of halogens is 1. The molecule has 0 bridgehead atoms. The Balaban J connectivity index is 2.34. The van der Waals surface area contributed by atoms with E-state index in [1.54, 1.807) is 6.07 Å². The van der Waals surface area contributed by atoms with Crippen molar-refractivity contribution in [2.45, 2.75) is 50.8 Å². The lowest BCUT2D eigenvalue weighted by atomic mass is 9.97. The lowest BCUT2D eigenvalue weighted by Gasteiger charge is -2.14. The lowest BCUT2D eigenvalue weighted by molar-refractivity contribution is -0.143. The predicted molar refractivity (Wildman–Crippen MR) is 102 cm³/mol. The molecule has 1 rings (SSSR count). The molecule has 0 saturated heterocycles. The molecule has 146 valence electrons. The zero-order valence-electron chi connectivity index (χ0n) is 15.4. The smallest absolute Gasteiger partial charge is 0.306 e. The Morgan fingerprint density at radius 1 is 1.35 bits per heavy atom. The van der Waals surface area contributed by atoms with Crippen LogP contribution in [0.2, 0.25) is 0 Å². The first-order valence-corrected chi connectivity index (χ1v) is 9.91. The van der Waals surface area contributed by atoms with Crippen molar-refractivity contribution in [3.8, 4) is 0 Å². The molecule has 0 aliphatic carbocycles. The van der Waals surface area contributed by atoms with Gasteiger partial charge in [-0.05, 0) is 43.4 Å². The summed E-state index contributed by atoms with van der Waals surface area (Å²) < 4.78 is 18.6. The normalized spacial score (nSPS) is 11.8. The van der Waals surface area contributed by atoms with Crippen LogP contribution in [-0.2, 0) is 14.3 Å². The van der Waals surface area contributed by atoms with Crippen LogP contribution in [-0.4, -0.2) is 35.9 Å². The summed E-state index contributed by atoms with van der Waals surface area (Å²) in [5, 5.41) is 11.5. The molecule has 7 heteroatoms. The lowest BCUT2D eigenvalue weighted by Crippen LogP contribution is -2.11. The molecule has 1 aromatic rings. The highest BCUT2D eigenvalue weighted by molar-refractivity contribution is 7.99. The summed E-state index contributed by atoms with van der Waals surface area (Å²) in [6.07, 6.45) is 3.77. The first-order chi connectivity index (χ1) is 12.5. The minimum absolute atomic E-state index is 0.192. The molecular formula is C19H28FNO4S. The second-order valence-electron chi connectivity index (χ2n) is 6.07. The molecule has 0 spiro atoms. The number of ether oxygens (including phenoxy) is 1. The van der Waals surface area contributed by atoms with Crippen molar-refractivity contribution in [2.75, 3.05) is 24.3 Å². The third kappa shape index (κ3) is 9.20. The first-order valence-electron chi connectivity index (χ1n) is 8.92. The summed E-state index contributed by atoms with van der Waals surface area (Å²) in [4.78, 5) is 23.7. The summed E-state index contributed by atoms with van der Waals surface area (Å²) in [6, 6.07) is 4.17. The third-order valence-electron chi connectivity index (χ3n) is 3.95. The van der Waals surface area contributed by atoms with Crippen LogP contribution in [0.25, 0.3) is 0 Å². The van der Waals surface area contributed by atoms with Crippen LogP contribution < -0.4 is 5.32 Å². The van der Waals surface area contributed by atoms with Crippen LogP contribution >= 0.6 is 11.8 Å². The van der Waals surface area contributed by atoms with Crippen molar-refractivity contribution in [1.29, 1.82) is 0 Å². The van der Waals surface area contributed by atoms with E-state index in [0.29, 0.717) is 28.9 Å². The molecule has 26 heavy (non-hydrogen) atoms. The number of hydrogen-bond donors (Lipinski definition) is 2.